The van der Waals surface area contributed by atoms with E-state index in [4.69, 9.17) is 9.47 Å². The Labute approximate surface area is 329 Å². The molecule has 0 saturated carbocycles. The second-order valence-electron chi connectivity index (χ2n) is 13.1. The fourth-order valence-electron chi connectivity index (χ4n) is 6.32. The molecule has 4 N–H and O–H groups in total. The van der Waals surface area contributed by atoms with Crippen molar-refractivity contribution in [2.45, 2.75) is 12.1 Å². The molecule has 0 aliphatic carbocycles. The molecule has 10 heteroatoms. The van der Waals surface area contributed by atoms with E-state index in [0.29, 0.717) is 50.6 Å². The van der Waals surface area contributed by atoms with Crippen LogP contribution in [0.25, 0.3) is 12.2 Å². The van der Waals surface area contributed by atoms with Crippen LogP contribution >= 0.6 is 0 Å². The zero-order valence-corrected chi connectivity index (χ0v) is 30.8. The molecule has 0 unspecified atom stereocenters. The van der Waals surface area contributed by atoms with Gasteiger partial charge >= 0.3 is 0 Å². The Bertz CT molecular complexity index is 2440. The van der Waals surface area contributed by atoms with E-state index in [1.807, 2.05) is 60.7 Å². The summed E-state index contributed by atoms with van der Waals surface area (Å²) in [6, 6.07) is 45.9. The highest BCUT2D eigenvalue weighted by atomic mass is 16.5. The maximum Gasteiger partial charge on any atom is 0.268 e. The standard InChI is InChI=1S/C47H38N4O6/c1-56-40-27-24-32-29-39(49-45(53)36-20-12-5-13-21-36)47(55)51-43(34-16-8-3-9-17-34)42(33-14-6-2-7-15-33)50-46(54)38(48-44(52)35-18-10-4-11-19-35)28-31-22-25-37(26-23-31)57-41(40)30-32/h2-30,42-43H,1H3,(H,48,52)(H,49,53)(H,50,54)(H,51,55)/b38-28+,39-29+/t42-,43-/m1/s1. The van der Waals surface area contributed by atoms with Crippen LogP contribution in [-0.2, 0) is 9.59 Å². The van der Waals surface area contributed by atoms with Gasteiger partial charge in [0.2, 0.25) is 0 Å². The number of rotatable bonds is 7. The zero-order chi connectivity index (χ0) is 39.6. The average Bonchev–Trinajstić information content (AvgIpc) is 3.26. The predicted octanol–water partition coefficient (Wildman–Crippen LogP) is 7.76. The first-order chi connectivity index (χ1) is 27.8. The van der Waals surface area contributed by atoms with E-state index < -0.39 is 35.7 Å². The molecule has 0 fully saturated rings. The Morgan fingerprint density at radius 2 is 0.965 bits per heavy atom. The van der Waals surface area contributed by atoms with Crippen molar-refractivity contribution >= 4 is 35.8 Å². The molecule has 2 aliphatic heterocycles. The Morgan fingerprint density at radius 1 is 0.544 bits per heavy atom. The number of methoxy groups -OCH3 is 1. The number of ether oxygens (including phenoxy) is 2. The van der Waals surface area contributed by atoms with Crippen LogP contribution in [0.1, 0.15) is 55.1 Å². The van der Waals surface area contributed by atoms with Gasteiger partial charge in [-0.05, 0) is 82.9 Å². The van der Waals surface area contributed by atoms with Crippen molar-refractivity contribution in [2.75, 3.05) is 7.11 Å². The second kappa shape index (κ2) is 17.6. The number of hydrogen-bond donors (Lipinski definition) is 4. The van der Waals surface area contributed by atoms with E-state index in [0.717, 1.165) is 0 Å². The number of nitrogens with one attached hydrogen (secondary N) is 4. The van der Waals surface area contributed by atoms with Gasteiger partial charge in [-0.25, -0.2) is 0 Å². The van der Waals surface area contributed by atoms with Gasteiger partial charge in [-0.3, -0.25) is 19.2 Å². The minimum atomic E-state index is -0.888. The molecule has 6 aromatic rings. The summed E-state index contributed by atoms with van der Waals surface area (Å²) in [5, 5.41) is 11.9. The van der Waals surface area contributed by atoms with Crippen molar-refractivity contribution < 1.29 is 28.7 Å². The van der Waals surface area contributed by atoms with Crippen molar-refractivity contribution in [3.8, 4) is 17.2 Å². The number of fused-ring (bicyclic) bond motifs is 9. The van der Waals surface area contributed by atoms with E-state index in [1.54, 1.807) is 115 Å². The Hall–Kier alpha value is -7.72. The number of hydrogen-bond acceptors (Lipinski definition) is 6. The third-order valence-electron chi connectivity index (χ3n) is 9.20. The van der Waals surface area contributed by atoms with Crippen LogP contribution in [0.3, 0.4) is 0 Å². The SMILES string of the molecule is COc1ccc2cc1Oc1ccc(cc1)/C=C(/NC(=O)c1ccccc1)C(=O)N[C@H](c1ccccc1)[C@@H](c1ccccc1)NC(=O)/C(NC(=O)c1ccccc1)=C\2. The molecule has 10 nitrogen and oxygen atoms in total. The highest BCUT2D eigenvalue weighted by molar-refractivity contribution is 6.06. The second-order valence-corrected chi connectivity index (χ2v) is 13.1. The fraction of sp³-hybridized carbons (Fsp3) is 0.0638. The van der Waals surface area contributed by atoms with Gasteiger partial charge in [0.25, 0.3) is 23.6 Å². The van der Waals surface area contributed by atoms with Gasteiger partial charge in [0.1, 0.15) is 17.1 Å². The molecular formula is C47H38N4O6. The van der Waals surface area contributed by atoms with Gasteiger partial charge in [-0.1, -0.05) is 115 Å². The molecular weight excluding hydrogens is 717 g/mol. The molecule has 0 radical (unpaired) electrons. The van der Waals surface area contributed by atoms with E-state index in [-0.39, 0.29) is 11.4 Å². The lowest BCUT2D eigenvalue weighted by Crippen LogP contribution is -2.45. The van der Waals surface area contributed by atoms with Crippen LogP contribution in [0.4, 0.5) is 0 Å². The normalized spacial score (nSPS) is 17.4. The molecule has 2 atom stereocenters. The van der Waals surface area contributed by atoms with Crippen LogP contribution in [0, 0.1) is 0 Å². The molecule has 4 bridgehead atoms. The number of amides is 4. The van der Waals surface area contributed by atoms with Gasteiger partial charge in [-0.15, -0.1) is 0 Å². The maximum atomic E-state index is 14.6. The molecule has 2 aliphatic rings. The Kier molecular flexibility index (Phi) is 11.6. The van der Waals surface area contributed by atoms with Crippen molar-refractivity contribution in [3.63, 3.8) is 0 Å². The van der Waals surface area contributed by atoms with E-state index in [2.05, 4.69) is 21.3 Å². The number of carbonyl (C=O) groups excluding carboxylic acids is 4. The smallest absolute Gasteiger partial charge is 0.268 e. The lowest BCUT2D eigenvalue weighted by Gasteiger charge is -2.30. The first-order valence-corrected chi connectivity index (χ1v) is 18.2. The largest absolute Gasteiger partial charge is 0.493 e. The van der Waals surface area contributed by atoms with E-state index in [9.17, 15) is 19.2 Å². The van der Waals surface area contributed by atoms with Gasteiger partial charge in [-0.2, -0.15) is 0 Å². The molecule has 0 spiro atoms. The summed E-state index contributed by atoms with van der Waals surface area (Å²) >= 11 is 0. The van der Waals surface area contributed by atoms with E-state index >= 15 is 0 Å². The van der Waals surface area contributed by atoms with Gasteiger partial charge in [0.05, 0.1) is 19.2 Å². The monoisotopic (exact) mass is 754 g/mol. The summed E-state index contributed by atoms with van der Waals surface area (Å²) in [6.07, 6.45) is 3.12. The van der Waals surface area contributed by atoms with Crippen LogP contribution in [0.15, 0.2) is 175 Å². The predicted molar refractivity (Wildman–Crippen MR) is 218 cm³/mol. The molecule has 2 heterocycles. The summed E-state index contributed by atoms with van der Waals surface area (Å²) in [5.41, 5.74) is 3.07. The molecule has 4 amide bonds. The highest BCUT2D eigenvalue weighted by Gasteiger charge is 2.31. The average molecular weight is 755 g/mol. The molecule has 57 heavy (non-hydrogen) atoms. The summed E-state index contributed by atoms with van der Waals surface area (Å²) < 4.78 is 11.8. The van der Waals surface area contributed by atoms with Gasteiger partial charge in [0, 0.05) is 11.1 Å². The Morgan fingerprint density at radius 3 is 1.42 bits per heavy atom. The van der Waals surface area contributed by atoms with Crippen molar-refractivity contribution in [3.05, 3.63) is 209 Å². The third-order valence-corrected chi connectivity index (χ3v) is 9.20. The molecule has 0 aromatic heterocycles. The highest BCUT2D eigenvalue weighted by Crippen LogP contribution is 2.34. The number of carbonyl (C=O) groups is 4. The fourth-order valence-corrected chi connectivity index (χ4v) is 6.32. The Balaban J connectivity index is 1.39. The lowest BCUT2D eigenvalue weighted by atomic mass is 9.92. The summed E-state index contributed by atoms with van der Waals surface area (Å²) in [5.74, 6) is -0.995. The van der Waals surface area contributed by atoms with E-state index in [1.165, 1.54) is 7.11 Å². The van der Waals surface area contributed by atoms with Crippen LogP contribution in [0.5, 0.6) is 17.2 Å². The molecule has 282 valence electrons. The quantitative estimate of drug-likeness (QED) is 0.132. The molecule has 6 aromatic carbocycles. The van der Waals surface area contributed by atoms with Gasteiger partial charge in [0.15, 0.2) is 11.5 Å². The van der Waals surface area contributed by atoms with Crippen molar-refractivity contribution in [1.29, 1.82) is 0 Å². The molecule has 8 rings (SSSR count). The topological polar surface area (TPSA) is 135 Å². The number of benzene rings is 6. The zero-order valence-electron chi connectivity index (χ0n) is 30.8. The van der Waals surface area contributed by atoms with Crippen molar-refractivity contribution in [2.24, 2.45) is 0 Å². The minimum Gasteiger partial charge on any atom is -0.493 e. The summed E-state index contributed by atoms with van der Waals surface area (Å²) in [6.45, 7) is 0. The first-order valence-electron chi connectivity index (χ1n) is 18.2. The van der Waals surface area contributed by atoms with Crippen LogP contribution in [0.2, 0.25) is 0 Å². The van der Waals surface area contributed by atoms with Crippen LogP contribution < -0.4 is 30.7 Å². The first kappa shape index (κ1) is 37.6. The van der Waals surface area contributed by atoms with Gasteiger partial charge < -0.3 is 30.7 Å². The van der Waals surface area contributed by atoms with Crippen molar-refractivity contribution in [1.82, 2.24) is 21.3 Å². The van der Waals surface area contributed by atoms with Crippen LogP contribution in [-0.4, -0.2) is 30.7 Å². The maximum absolute atomic E-state index is 14.6. The summed E-state index contributed by atoms with van der Waals surface area (Å²) in [7, 11) is 1.52. The summed E-state index contributed by atoms with van der Waals surface area (Å²) in [4.78, 5) is 56.4. The lowest BCUT2D eigenvalue weighted by molar-refractivity contribution is -0.121. The minimum absolute atomic E-state index is 0.0391. The third kappa shape index (κ3) is 9.33. The molecule has 0 saturated heterocycles.